The van der Waals surface area contributed by atoms with Crippen molar-refractivity contribution in [3.05, 3.63) is 101 Å². The summed E-state index contributed by atoms with van der Waals surface area (Å²) in [5.74, 6) is 1.50. The molecule has 0 fully saturated rings. The number of aromatic nitrogens is 3. The SMILES string of the molecule is COc1ccc(Cn2cc(-c3ccc(C(F)(F)F)cc3)n3c(C)c(-c4ccc(C)cc4)nc23)cc1. The number of imidazole rings is 2. The van der Waals surface area contributed by atoms with Crippen molar-refractivity contribution < 1.29 is 17.9 Å². The van der Waals surface area contributed by atoms with Crippen LogP contribution in [0.15, 0.2) is 79.0 Å². The molecule has 0 N–H and O–H groups in total. The molecule has 0 bridgehead atoms. The molecular weight excluding hydrogens is 451 g/mol. The minimum atomic E-state index is -4.38. The molecule has 2 heterocycles. The molecule has 0 unspecified atom stereocenters. The number of halogens is 3. The standard InChI is InChI=1S/C28H24F3N3O/c1-18-4-8-22(9-5-18)26-19(2)34-25(21-10-12-23(13-11-21)28(29,30)31)17-33(27(34)32-26)16-20-6-14-24(35-3)15-7-20/h4-15,17H,16H2,1-3H3. The van der Waals surface area contributed by atoms with E-state index in [2.05, 4.69) is 0 Å². The van der Waals surface area contributed by atoms with Crippen LogP contribution in [0.5, 0.6) is 5.75 Å². The Morgan fingerprint density at radius 2 is 1.46 bits per heavy atom. The summed E-state index contributed by atoms with van der Waals surface area (Å²) in [6, 6.07) is 21.2. The van der Waals surface area contributed by atoms with Crippen LogP contribution in [0, 0.1) is 13.8 Å². The van der Waals surface area contributed by atoms with Gasteiger partial charge in [0.2, 0.25) is 5.78 Å². The highest BCUT2D eigenvalue weighted by Crippen LogP contribution is 2.34. The first-order chi connectivity index (χ1) is 16.7. The molecular formula is C28H24F3N3O. The van der Waals surface area contributed by atoms with Crippen LogP contribution in [-0.2, 0) is 12.7 Å². The van der Waals surface area contributed by atoms with Crippen LogP contribution in [0.2, 0.25) is 0 Å². The summed E-state index contributed by atoms with van der Waals surface area (Å²) in [5.41, 5.74) is 5.77. The number of rotatable bonds is 5. The van der Waals surface area contributed by atoms with Gasteiger partial charge in [0.1, 0.15) is 5.75 Å². The van der Waals surface area contributed by atoms with E-state index in [9.17, 15) is 13.2 Å². The van der Waals surface area contributed by atoms with Crippen LogP contribution >= 0.6 is 0 Å². The first-order valence-electron chi connectivity index (χ1n) is 11.2. The highest BCUT2D eigenvalue weighted by Gasteiger charge is 2.30. The van der Waals surface area contributed by atoms with E-state index in [0.717, 1.165) is 57.4 Å². The van der Waals surface area contributed by atoms with E-state index in [4.69, 9.17) is 9.72 Å². The predicted molar refractivity (Wildman–Crippen MR) is 131 cm³/mol. The molecule has 0 aliphatic rings. The van der Waals surface area contributed by atoms with E-state index in [-0.39, 0.29) is 0 Å². The molecule has 0 amide bonds. The van der Waals surface area contributed by atoms with Gasteiger partial charge < -0.3 is 9.30 Å². The third-order valence-corrected chi connectivity index (χ3v) is 6.21. The van der Waals surface area contributed by atoms with Crippen molar-refractivity contribution in [2.75, 3.05) is 7.11 Å². The van der Waals surface area contributed by atoms with Crippen LogP contribution < -0.4 is 4.74 Å². The molecule has 7 heteroatoms. The quantitative estimate of drug-likeness (QED) is 0.270. The summed E-state index contributed by atoms with van der Waals surface area (Å²) >= 11 is 0. The van der Waals surface area contributed by atoms with Gasteiger partial charge in [0.15, 0.2) is 0 Å². The number of ether oxygens (including phenoxy) is 1. The van der Waals surface area contributed by atoms with Crippen molar-refractivity contribution >= 4 is 5.78 Å². The average Bonchev–Trinajstić information content (AvgIpc) is 3.37. The van der Waals surface area contributed by atoms with Gasteiger partial charge in [-0.2, -0.15) is 13.2 Å². The second-order valence-corrected chi connectivity index (χ2v) is 8.61. The Balaban J connectivity index is 1.65. The summed E-state index contributed by atoms with van der Waals surface area (Å²) in [4.78, 5) is 4.97. The number of alkyl halides is 3. The average molecular weight is 476 g/mol. The minimum absolute atomic E-state index is 0.553. The third kappa shape index (κ3) is 4.30. The van der Waals surface area contributed by atoms with Crippen molar-refractivity contribution in [2.24, 2.45) is 0 Å². The maximum Gasteiger partial charge on any atom is 0.416 e. The first-order valence-corrected chi connectivity index (χ1v) is 11.2. The highest BCUT2D eigenvalue weighted by atomic mass is 19.4. The van der Waals surface area contributed by atoms with E-state index in [1.165, 1.54) is 12.1 Å². The lowest BCUT2D eigenvalue weighted by atomic mass is 10.1. The molecule has 0 atom stereocenters. The van der Waals surface area contributed by atoms with Gasteiger partial charge in [0.05, 0.1) is 30.6 Å². The van der Waals surface area contributed by atoms with Gasteiger partial charge in [-0.25, -0.2) is 4.98 Å². The van der Waals surface area contributed by atoms with Crippen LogP contribution in [0.3, 0.4) is 0 Å². The van der Waals surface area contributed by atoms with Crippen molar-refractivity contribution in [3.63, 3.8) is 0 Å². The van der Waals surface area contributed by atoms with E-state index in [0.29, 0.717) is 12.1 Å². The van der Waals surface area contributed by atoms with Crippen molar-refractivity contribution in [2.45, 2.75) is 26.6 Å². The molecule has 5 aromatic rings. The Hall–Kier alpha value is -4.00. The Morgan fingerprint density at radius 1 is 0.829 bits per heavy atom. The van der Waals surface area contributed by atoms with Gasteiger partial charge in [-0.05, 0) is 43.7 Å². The second kappa shape index (κ2) is 8.65. The largest absolute Gasteiger partial charge is 0.497 e. The maximum atomic E-state index is 13.1. The topological polar surface area (TPSA) is 31.5 Å². The molecule has 0 aliphatic heterocycles. The van der Waals surface area contributed by atoms with Crippen LogP contribution in [0.1, 0.15) is 22.4 Å². The number of nitrogens with zero attached hydrogens (tertiary/aromatic N) is 3. The number of benzene rings is 3. The zero-order valence-electron chi connectivity index (χ0n) is 19.6. The summed E-state index contributed by atoms with van der Waals surface area (Å²) < 4.78 is 48.7. The second-order valence-electron chi connectivity index (χ2n) is 8.61. The van der Waals surface area contributed by atoms with E-state index in [1.54, 1.807) is 7.11 Å². The minimum Gasteiger partial charge on any atom is -0.497 e. The summed E-state index contributed by atoms with van der Waals surface area (Å²) in [5, 5.41) is 0. The molecule has 2 aromatic heterocycles. The fourth-order valence-corrected chi connectivity index (χ4v) is 4.29. The smallest absolute Gasteiger partial charge is 0.416 e. The van der Waals surface area contributed by atoms with Crippen LogP contribution in [-0.4, -0.2) is 21.1 Å². The van der Waals surface area contributed by atoms with Gasteiger partial charge in [-0.15, -0.1) is 0 Å². The molecule has 0 aliphatic carbocycles. The molecule has 4 nitrogen and oxygen atoms in total. The van der Waals surface area contributed by atoms with Gasteiger partial charge >= 0.3 is 6.18 Å². The number of hydrogen-bond donors (Lipinski definition) is 0. The molecule has 35 heavy (non-hydrogen) atoms. The van der Waals surface area contributed by atoms with Gasteiger partial charge in [-0.1, -0.05) is 54.1 Å². The molecule has 0 spiro atoms. The van der Waals surface area contributed by atoms with E-state index >= 15 is 0 Å². The summed E-state index contributed by atoms with van der Waals surface area (Å²) in [7, 11) is 1.63. The lowest BCUT2D eigenvalue weighted by molar-refractivity contribution is -0.137. The molecule has 3 aromatic carbocycles. The first kappa shape index (κ1) is 22.8. The van der Waals surface area contributed by atoms with Crippen molar-refractivity contribution in [1.82, 2.24) is 14.0 Å². The monoisotopic (exact) mass is 475 g/mol. The molecule has 5 rings (SSSR count). The number of methoxy groups -OCH3 is 1. The Bertz CT molecular complexity index is 1480. The molecule has 0 saturated carbocycles. The van der Waals surface area contributed by atoms with E-state index < -0.39 is 11.7 Å². The molecule has 0 saturated heterocycles. The molecule has 0 radical (unpaired) electrons. The van der Waals surface area contributed by atoms with E-state index in [1.807, 2.05) is 77.5 Å². The van der Waals surface area contributed by atoms with Crippen molar-refractivity contribution in [1.29, 1.82) is 0 Å². The number of hydrogen-bond acceptors (Lipinski definition) is 2. The zero-order chi connectivity index (χ0) is 24.7. The summed E-state index contributed by atoms with van der Waals surface area (Å²) in [6.07, 6.45) is -2.43. The zero-order valence-corrected chi connectivity index (χ0v) is 19.6. The highest BCUT2D eigenvalue weighted by molar-refractivity contribution is 5.71. The van der Waals surface area contributed by atoms with Gasteiger partial charge in [0.25, 0.3) is 0 Å². The fourth-order valence-electron chi connectivity index (χ4n) is 4.29. The fraction of sp³-hybridized carbons (Fsp3) is 0.179. The Morgan fingerprint density at radius 3 is 2.06 bits per heavy atom. The third-order valence-electron chi connectivity index (χ3n) is 6.21. The summed E-state index contributed by atoms with van der Waals surface area (Å²) in [6.45, 7) is 4.57. The van der Waals surface area contributed by atoms with Crippen molar-refractivity contribution in [3.8, 4) is 28.3 Å². The van der Waals surface area contributed by atoms with Gasteiger partial charge in [0, 0.05) is 23.0 Å². The van der Waals surface area contributed by atoms with Crippen LogP contribution in [0.4, 0.5) is 13.2 Å². The van der Waals surface area contributed by atoms with Gasteiger partial charge in [-0.3, -0.25) is 4.40 Å². The Kier molecular flexibility index (Phi) is 5.63. The number of aryl methyl sites for hydroxylation is 2. The normalized spacial score (nSPS) is 11.8. The maximum absolute atomic E-state index is 13.1. The molecule has 178 valence electrons. The Labute approximate surface area is 201 Å². The van der Waals surface area contributed by atoms with Crippen LogP contribution in [0.25, 0.3) is 28.3 Å². The lowest BCUT2D eigenvalue weighted by Crippen LogP contribution is -2.04. The number of fused-ring (bicyclic) bond motifs is 1. The predicted octanol–water partition coefficient (Wildman–Crippen LogP) is 7.16. The lowest BCUT2D eigenvalue weighted by Gasteiger charge is -2.08.